The van der Waals surface area contributed by atoms with E-state index in [9.17, 15) is 9.59 Å². The first kappa shape index (κ1) is 20.9. The number of nitrogens with one attached hydrogen (secondary N) is 1. The zero-order valence-corrected chi connectivity index (χ0v) is 16.2. The Labute approximate surface area is 163 Å². The molecule has 0 aliphatic heterocycles. The summed E-state index contributed by atoms with van der Waals surface area (Å²) in [4.78, 5) is 23.8. The van der Waals surface area contributed by atoms with Crippen LogP contribution in [0.2, 0.25) is 0 Å². The number of carbonyl (C=O) groups excluding carboxylic acids is 2. The van der Waals surface area contributed by atoms with E-state index >= 15 is 0 Å². The zero-order chi connectivity index (χ0) is 20.5. The van der Waals surface area contributed by atoms with Gasteiger partial charge in [-0.15, -0.1) is 0 Å². The first-order valence-corrected chi connectivity index (χ1v) is 8.46. The lowest BCUT2D eigenvalue weighted by molar-refractivity contribution is -0.144. The largest absolute Gasteiger partial charge is 0.496 e. The predicted octanol–water partition coefficient (Wildman–Crippen LogP) is 2.74. The number of methoxy groups -OCH3 is 3. The van der Waals surface area contributed by atoms with Crippen molar-refractivity contribution in [3.8, 4) is 17.2 Å². The van der Waals surface area contributed by atoms with Crippen LogP contribution in [0.15, 0.2) is 41.0 Å². The molecule has 150 valence electrons. The van der Waals surface area contributed by atoms with Crippen molar-refractivity contribution in [3.05, 3.63) is 47.9 Å². The van der Waals surface area contributed by atoms with Crippen LogP contribution in [0.5, 0.6) is 17.2 Å². The standard InChI is InChI=1S/C20H23NO7/c1-13(15-6-5-9-27-15)21-19(22)12-28-20(23)8-7-14-10-17(25-3)18(26-4)11-16(14)24-2/h5-11,13H,12H2,1-4H3,(H,21,22)/b8-7+/t13-/m0/s1. The van der Waals surface area contributed by atoms with Crippen LogP contribution in [-0.4, -0.2) is 39.8 Å². The van der Waals surface area contributed by atoms with Crippen LogP contribution in [0.3, 0.4) is 0 Å². The highest BCUT2D eigenvalue weighted by Gasteiger charge is 2.13. The Kier molecular flexibility index (Phi) is 7.50. The van der Waals surface area contributed by atoms with E-state index in [1.807, 2.05) is 0 Å². The molecule has 0 radical (unpaired) electrons. The summed E-state index contributed by atoms with van der Waals surface area (Å²) in [5.74, 6) is 0.989. The van der Waals surface area contributed by atoms with Crippen LogP contribution in [0.25, 0.3) is 6.08 Å². The van der Waals surface area contributed by atoms with Crippen LogP contribution >= 0.6 is 0 Å². The number of hydrogen-bond acceptors (Lipinski definition) is 7. The van der Waals surface area contributed by atoms with Gasteiger partial charge >= 0.3 is 5.97 Å². The molecule has 1 aromatic heterocycles. The van der Waals surface area contributed by atoms with Crippen molar-refractivity contribution >= 4 is 18.0 Å². The van der Waals surface area contributed by atoms with Gasteiger partial charge in [0.25, 0.3) is 5.91 Å². The highest BCUT2D eigenvalue weighted by atomic mass is 16.5. The average Bonchev–Trinajstić information content (AvgIpc) is 3.24. The summed E-state index contributed by atoms with van der Waals surface area (Å²) < 4.78 is 25.9. The SMILES string of the molecule is COc1cc(OC)c(OC)cc1/C=C/C(=O)OCC(=O)N[C@@H](C)c1ccco1. The third-order valence-electron chi connectivity index (χ3n) is 3.83. The van der Waals surface area contributed by atoms with E-state index in [2.05, 4.69) is 5.32 Å². The molecule has 1 heterocycles. The van der Waals surface area contributed by atoms with Gasteiger partial charge in [0.1, 0.15) is 11.5 Å². The molecule has 1 aromatic carbocycles. The van der Waals surface area contributed by atoms with E-state index in [-0.39, 0.29) is 6.04 Å². The van der Waals surface area contributed by atoms with Crippen LogP contribution in [0, 0.1) is 0 Å². The number of furan rings is 1. The maximum absolute atomic E-state index is 11.9. The fraction of sp³-hybridized carbons (Fsp3) is 0.300. The van der Waals surface area contributed by atoms with Gasteiger partial charge in [0.05, 0.1) is 33.6 Å². The lowest BCUT2D eigenvalue weighted by atomic mass is 10.1. The van der Waals surface area contributed by atoms with Crippen molar-refractivity contribution in [1.29, 1.82) is 0 Å². The molecule has 0 bridgehead atoms. The molecule has 2 aromatic rings. The second-order valence-electron chi connectivity index (χ2n) is 5.69. The second-order valence-corrected chi connectivity index (χ2v) is 5.69. The molecule has 2 rings (SSSR count). The summed E-state index contributed by atoms with van der Waals surface area (Å²) in [6.07, 6.45) is 4.23. The van der Waals surface area contributed by atoms with Gasteiger partial charge in [-0.3, -0.25) is 4.79 Å². The monoisotopic (exact) mass is 389 g/mol. The minimum Gasteiger partial charge on any atom is -0.496 e. The molecule has 28 heavy (non-hydrogen) atoms. The van der Waals surface area contributed by atoms with E-state index in [0.717, 1.165) is 0 Å². The zero-order valence-electron chi connectivity index (χ0n) is 16.2. The summed E-state index contributed by atoms with van der Waals surface area (Å²) >= 11 is 0. The number of rotatable bonds is 9. The van der Waals surface area contributed by atoms with E-state index in [1.54, 1.807) is 31.2 Å². The smallest absolute Gasteiger partial charge is 0.331 e. The molecule has 0 unspecified atom stereocenters. The number of hydrogen-bond donors (Lipinski definition) is 1. The number of esters is 1. The first-order valence-electron chi connectivity index (χ1n) is 8.46. The Morgan fingerprint density at radius 3 is 2.39 bits per heavy atom. The summed E-state index contributed by atoms with van der Waals surface area (Å²) in [5, 5.41) is 2.67. The quantitative estimate of drug-likeness (QED) is 0.520. The van der Waals surface area contributed by atoms with Crippen molar-refractivity contribution in [2.24, 2.45) is 0 Å². The maximum Gasteiger partial charge on any atom is 0.331 e. The third kappa shape index (κ3) is 5.54. The molecule has 8 heteroatoms. The van der Waals surface area contributed by atoms with Gasteiger partial charge in [-0.2, -0.15) is 0 Å². The lowest BCUT2D eigenvalue weighted by Gasteiger charge is -2.12. The van der Waals surface area contributed by atoms with Gasteiger partial charge in [-0.25, -0.2) is 4.79 Å². The maximum atomic E-state index is 11.9. The Balaban J connectivity index is 1.93. The van der Waals surface area contributed by atoms with E-state index in [0.29, 0.717) is 28.6 Å². The van der Waals surface area contributed by atoms with Crippen molar-refractivity contribution in [2.45, 2.75) is 13.0 Å². The Hall–Kier alpha value is -3.42. The van der Waals surface area contributed by atoms with Gasteiger partial charge in [0.15, 0.2) is 18.1 Å². The van der Waals surface area contributed by atoms with Gasteiger partial charge in [0.2, 0.25) is 0 Å². The van der Waals surface area contributed by atoms with Crippen molar-refractivity contribution in [1.82, 2.24) is 5.32 Å². The minimum atomic E-state index is -0.669. The minimum absolute atomic E-state index is 0.326. The van der Waals surface area contributed by atoms with Crippen molar-refractivity contribution in [3.63, 3.8) is 0 Å². The molecule has 0 saturated heterocycles. The average molecular weight is 389 g/mol. The van der Waals surface area contributed by atoms with Gasteiger partial charge in [-0.1, -0.05) is 0 Å². The fourth-order valence-corrected chi connectivity index (χ4v) is 2.42. The molecular formula is C20H23NO7. The molecule has 0 saturated carbocycles. The van der Waals surface area contributed by atoms with E-state index < -0.39 is 18.5 Å². The number of benzene rings is 1. The Morgan fingerprint density at radius 2 is 1.79 bits per heavy atom. The molecule has 8 nitrogen and oxygen atoms in total. The summed E-state index contributed by atoms with van der Waals surface area (Å²) in [6, 6.07) is 6.46. The predicted molar refractivity (Wildman–Crippen MR) is 101 cm³/mol. The van der Waals surface area contributed by atoms with Gasteiger partial charge < -0.3 is 28.7 Å². The molecule has 1 N–H and O–H groups in total. The number of amides is 1. The molecule has 1 atom stereocenters. The van der Waals surface area contributed by atoms with Gasteiger partial charge in [-0.05, 0) is 31.2 Å². The fourth-order valence-electron chi connectivity index (χ4n) is 2.42. The first-order chi connectivity index (χ1) is 13.5. The van der Waals surface area contributed by atoms with E-state index in [4.69, 9.17) is 23.4 Å². The van der Waals surface area contributed by atoms with Crippen LogP contribution in [-0.2, 0) is 14.3 Å². The van der Waals surface area contributed by atoms with Crippen LogP contribution < -0.4 is 19.5 Å². The Morgan fingerprint density at radius 1 is 1.11 bits per heavy atom. The summed E-state index contributed by atoms with van der Waals surface area (Å²) in [7, 11) is 4.53. The topological polar surface area (TPSA) is 96.2 Å². The molecule has 0 aliphatic rings. The molecule has 0 fully saturated rings. The van der Waals surface area contributed by atoms with Crippen LogP contribution in [0.1, 0.15) is 24.3 Å². The third-order valence-corrected chi connectivity index (χ3v) is 3.83. The summed E-state index contributed by atoms with van der Waals surface area (Å²) in [5.41, 5.74) is 0.591. The van der Waals surface area contributed by atoms with E-state index in [1.165, 1.54) is 39.7 Å². The summed E-state index contributed by atoms with van der Waals surface area (Å²) in [6.45, 7) is 1.36. The van der Waals surface area contributed by atoms with Gasteiger partial charge in [0, 0.05) is 17.7 Å². The normalized spacial score (nSPS) is 11.7. The molecule has 1 amide bonds. The lowest BCUT2D eigenvalue weighted by Crippen LogP contribution is -2.30. The highest BCUT2D eigenvalue weighted by molar-refractivity contribution is 5.90. The molecule has 0 aliphatic carbocycles. The molecular weight excluding hydrogens is 366 g/mol. The molecule has 0 spiro atoms. The highest BCUT2D eigenvalue weighted by Crippen LogP contribution is 2.35. The van der Waals surface area contributed by atoms with Crippen LogP contribution in [0.4, 0.5) is 0 Å². The van der Waals surface area contributed by atoms with Crippen molar-refractivity contribution < 1.29 is 33.0 Å². The second kappa shape index (κ2) is 10.1. The number of carbonyl (C=O) groups is 2. The Bertz CT molecular complexity index is 827. The van der Waals surface area contributed by atoms with Crippen molar-refractivity contribution in [2.75, 3.05) is 27.9 Å². The number of ether oxygens (including phenoxy) is 4.